The summed E-state index contributed by atoms with van der Waals surface area (Å²) in [7, 11) is 0. The van der Waals surface area contributed by atoms with E-state index in [1.165, 1.54) is 0 Å². The van der Waals surface area contributed by atoms with E-state index in [1.54, 1.807) is 6.08 Å². The Kier molecular flexibility index (Phi) is 2.49. The zero-order chi connectivity index (χ0) is 11.0. The Morgan fingerprint density at radius 2 is 2.27 bits per heavy atom. The number of carboxylic acid groups (broad SMARTS) is 1. The normalized spacial score (nSPS) is 23.6. The van der Waals surface area contributed by atoms with Crippen LogP contribution in [0.1, 0.15) is 5.56 Å². The minimum absolute atomic E-state index is 0.572. The Labute approximate surface area is 91.7 Å². The van der Waals surface area contributed by atoms with E-state index in [2.05, 4.69) is 4.99 Å². The SMILES string of the molecule is Cc1ccc2c(c1)=CC(Cl)C(C(=O)O)N=2. The molecule has 0 aromatic heterocycles. The lowest BCUT2D eigenvalue weighted by Crippen LogP contribution is -2.40. The Hall–Kier alpha value is -1.35. The van der Waals surface area contributed by atoms with Crippen molar-refractivity contribution >= 4 is 23.6 Å². The van der Waals surface area contributed by atoms with Crippen LogP contribution in [0.2, 0.25) is 0 Å². The standard InChI is InChI=1S/C11H10ClNO2/c1-6-2-3-9-7(4-6)5-8(12)10(13-9)11(14)15/h2-5,8,10H,1H3,(H,14,15). The molecule has 0 saturated carbocycles. The van der Waals surface area contributed by atoms with E-state index in [0.29, 0.717) is 5.36 Å². The number of halogens is 1. The third-order valence-electron chi connectivity index (χ3n) is 2.35. The number of rotatable bonds is 1. The highest BCUT2D eigenvalue weighted by molar-refractivity contribution is 6.26. The molecule has 78 valence electrons. The average Bonchev–Trinajstić information content (AvgIpc) is 2.15. The van der Waals surface area contributed by atoms with E-state index < -0.39 is 17.4 Å². The third kappa shape index (κ3) is 1.88. The van der Waals surface area contributed by atoms with Gasteiger partial charge < -0.3 is 5.11 Å². The molecule has 3 nitrogen and oxygen atoms in total. The summed E-state index contributed by atoms with van der Waals surface area (Å²) in [6.45, 7) is 1.97. The third-order valence-corrected chi connectivity index (χ3v) is 2.72. The van der Waals surface area contributed by atoms with Gasteiger partial charge in [-0.1, -0.05) is 23.8 Å². The number of carbonyl (C=O) groups is 1. The van der Waals surface area contributed by atoms with Crippen LogP contribution in [-0.2, 0) is 4.79 Å². The van der Waals surface area contributed by atoms with Crippen molar-refractivity contribution < 1.29 is 9.90 Å². The topological polar surface area (TPSA) is 49.7 Å². The van der Waals surface area contributed by atoms with E-state index in [9.17, 15) is 4.79 Å². The maximum Gasteiger partial charge on any atom is 0.330 e. The molecule has 0 aliphatic carbocycles. The molecule has 1 aliphatic rings. The van der Waals surface area contributed by atoms with Crippen LogP contribution in [0.4, 0.5) is 0 Å². The van der Waals surface area contributed by atoms with Gasteiger partial charge in [-0.15, -0.1) is 11.6 Å². The zero-order valence-corrected chi connectivity index (χ0v) is 8.90. The lowest BCUT2D eigenvalue weighted by Gasteiger charge is -2.14. The minimum Gasteiger partial charge on any atom is -0.480 e. The van der Waals surface area contributed by atoms with Gasteiger partial charge in [0, 0.05) is 0 Å². The number of benzene rings is 1. The molecule has 0 fully saturated rings. The summed E-state index contributed by atoms with van der Waals surface area (Å²) in [6.07, 6.45) is 1.75. The molecule has 1 aromatic rings. The number of aryl methyl sites for hydroxylation is 1. The van der Waals surface area contributed by atoms with Crippen molar-refractivity contribution in [1.82, 2.24) is 0 Å². The van der Waals surface area contributed by atoms with Crippen LogP contribution < -0.4 is 10.6 Å². The van der Waals surface area contributed by atoms with Crippen LogP contribution in [0.5, 0.6) is 0 Å². The van der Waals surface area contributed by atoms with Crippen LogP contribution in [0.3, 0.4) is 0 Å². The van der Waals surface area contributed by atoms with E-state index in [1.807, 2.05) is 25.1 Å². The number of hydrogen-bond acceptors (Lipinski definition) is 2. The monoisotopic (exact) mass is 223 g/mol. The Bertz CT molecular complexity index is 524. The minimum atomic E-state index is -0.988. The number of aliphatic carboxylic acids is 1. The summed E-state index contributed by atoms with van der Waals surface area (Å²) in [4.78, 5) is 14.9. The fourth-order valence-corrected chi connectivity index (χ4v) is 1.90. The van der Waals surface area contributed by atoms with Crippen molar-refractivity contribution in [3.8, 4) is 0 Å². The second-order valence-electron chi connectivity index (χ2n) is 3.59. The summed E-state index contributed by atoms with van der Waals surface area (Å²) in [5, 5.41) is 9.93. The van der Waals surface area contributed by atoms with E-state index in [4.69, 9.17) is 16.7 Å². The first kappa shape index (κ1) is 10.2. The molecule has 0 saturated heterocycles. The molecular weight excluding hydrogens is 214 g/mol. The Morgan fingerprint density at radius 3 is 2.93 bits per heavy atom. The predicted octanol–water partition coefficient (Wildman–Crippen LogP) is 0.469. The number of hydrogen-bond donors (Lipinski definition) is 1. The summed E-state index contributed by atoms with van der Waals surface area (Å²) in [5.74, 6) is -0.988. The van der Waals surface area contributed by atoms with Gasteiger partial charge in [0.05, 0.1) is 10.7 Å². The second kappa shape index (κ2) is 3.66. The van der Waals surface area contributed by atoms with Gasteiger partial charge in [0.15, 0.2) is 6.04 Å². The predicted molar refractivity (Wildman–Crippen MR) is 57.5 cm³/mol. The van der Waals surface area contributed by atoms with Crippen molar-refractivity contribution in [3.63, 3.8) is 0 Å². The van der Waals surface area contributed by atoms with Crippen LogP contribution in [0, 0.1) is 6.92 Å². The highest BCUT2D eigenvalue weighted by atomic mass is 35.5. The largest absolute Gasteiger partial charge is 0.480 e. The molecule has 4 heteroatoms. The quantitative estimate of drug-likeness (QED) is 0.704. The molecule has 0 bridgehead atoms. The van der Waals surface area contributed by atoms with Gasteiger partial charge in [0.2, 0.25) is 0 Å². The molecule has 0 radical (unpaired) electrons. The summed E-state index contributed by atoms with van der Waals surface area (Å²) in [5.41, 5.74) is 1.11. The molecule has 0 spiro atoms. The smallest absolute Gasteiger partial charge is 0.330 e. The Balaban J connectivity index is 2.62. The molecular formula is C11H10ClNO2. The first-order chi connectivity index (χ1) is 7.08. The molecule has 1 N–H and O–H groups in total. The van der Waals surface area contributed by atoms with Gasteiger partial charge >= 0.3 is 5.97 Å². The fraction of sp³-hybridized carbons (Fsp3) is 0.273. The molecule has 2 atom stereocenters. The second-order valence-corrected chi connectivity index (χ2v) is 4.09. The van der Waals surface area contributed by atoms with Gasteiger partial charge in [0.25, 0.3) is 0 Å². The van der Waals surface area contributed by atoms with Crippen molar-refractivity contribution in [2.45, 2.75) is 18.3 Å². The van der Waals surface area contributed by atoms with Gasteiger partial charge in [-0.25, -0.2) is 4.79 Å². The molecule has 15 heavy (non-hydrogen) atoms. The molecule has 1 aromatic carbocycles. The van der Waals surface area contributed by atoms with Crippen LogP contribution in [-0.4, -0.2) is 22.5 Å². The van der Waals surface area contributed by atoms with Crippen LogP contribution >= 0.6 is 11.6 Å². The maximum absolute atomic E-state index is 10.8. The summed E-state index contributed by atoms with van der Waals surface area (Å²) in [6, 6.07) is 4.80. The van der Waals surface area contributed by atoms with Crippen molar-refractivity contribution in [2.75, 3.05) is 0 Å². The van der Waals surface area contributed by atoms with Crippen LogP contribution in [0.25, 0.3) is 6.08 Å². The lowest BCUT2D eigenvalue weighted by molar-refractivity contribution is -0.138. The highest BCUT2D eigenvalue weighted by Crippen LogP contribution is 2.10. The van der Waals surface area contributed by atoms with Gasteiger partial charge in [0.1, 0.15) is 0 Å². The van der Waals surface area contributed by atoms with Gasteiger partial charge in [-0.05, 0) is 18.2 Å². The fourth-order valence-electron chi connectivity index (χ4n) is 1.60. The first-order valence-corrected chi connectivity index (χ1v) is 5.05. The molecule has 1 aliphatic heterocycles. The van der Waals surface area contributed by atoms with Gasteiger partial charge in [-0.3, -0.25) is 4.99 Å². The lowest BCUT2D eigenvalue weighted by atomic mass is 10.1. The highest BCUT2D eigenvalue weighted by Gasteiger charge is 2.25. The van der Waals surface area contributed by atoms with Gasteiger partial charge in [-0.2, -0.15) is 0 Å². The molecule has 0 amide bonds. The maximum atomic E-state index is 10.8. The first-order valence-electron chi connectivity index (χ1n) is 4.61. The number of carboxylic acids is 1. The van der Waals surface area contributed by atoms with E-state index >= 15 is 0 Å². The number of alkyl halides is 1. The summed E-state index contributed by atoms with van der Waals surface area (Å²) < 4.78 is 0. The molecule has 2 unspecified atom stereocenters. The summed E-state index contributed by atoms with van der Waals surface area (Å²) >= 11 is 5.93. The average molecular weight is 224 g/mol. The van der Waals surface area contributed by atoms with E-state index in [0.717, 1.165) is 10.8 Å². The van der Waals surface area contributed by atoms with Crippen molar-refractivity contribution in [1.29, 1.82) is 0 Å². The zero-order valence-electron chi connectivity index (χ0n) is 8.14. The Morgan fingerprint density at radius 1 is 1.53 bits per heavy atom. The van der Waals surface area contributed by atoms with E-state index in [-0.39, 0.29) is 0 Å². The van der Waals surface area contributed by atoms with Crippen molar-refractivity contribution in [2.24, 2.45) is 4.99 Å². The molecule has 1 heterocycles. The number of nitrogens with zero attached hydrogens (tertiary/aromatic N) is 1. The van der Waals surface area contributed by atoms with Crippen LogP contribution in [0.15, 0.2) is 23.2 Å². The van der Waals surface area contributed by atoms with Crippen molar-refractivity contribution in [3.05, 3.63) is 34.3 Å². The number of fused-ring (bicyclic) bond motifs is 1. The molecule has 2 rings (SSSR count).